The van der Waals surface area contributed by atoms with Gasteiger partial charge in [0.25, 0.3) is 11.7 Å². The van der Waals surface area contributed by atoms with Gasteiger partial charge in [-0.15, -0.1) is 0 Å². The van der Waals surface area contributed by atoms with Gasteiger partial charge in [0.2, 0.25) is 5.78 Å². The van der Waals surface area contributed by atoms with E-state index in [4.69, 9.17) is 23.7 Å². The Morgan fingerprint density at radius 3 is 2.15 bits per heavy atom. The summed E-state index contributed by atoms with van der Waals surface area (Å²) in [5.74, 6) is -9.71. The first-order chi connectivity index (χ1) is 24.7. The van der Waals surface area contributed by atoms with Gasteiger partial charge in [-0.2, -0.15) is 0 Å². The summed E-state index contributed by atoms with van der Waals surface area (Å²) < 4.78 is 28.7. The molecule has 3 aliphatic heterocycles. The number of hydrogen-bond donors (Lipinski definition) is 3. The van der Waals surface area contributed by atoms with Crippen LogP contribution >= 0.6 is 0 Å². The molecular formula is C39H47NO13. The van der Waals surface area contributed by atoms with Crippen LogP contribution in [0.25, 0.3) is 0 Å². The molecule has 1 amide bonds. The summed E-state index contributed by atoms with van der Waals surface area (Å²) in [6, 6.07) is 0. The van der Waals surface area contributed by atoms with E-state index in [9.17, 15) is 39.0 Å². The van der Waals surface area contributed by atoms with Crippen molar-refractivity contribution < 1.29 is 62.7 Å². The highest BCUT2D eigenvalue weighted by Gasteiger charge is 2.52. The number of carbonyl (C=O) groups is 6. The Morgan fingerprint density at radius 1 is 0.887 bits per heavy atom. The van der Waals surface area contributed by atoms with Crippen molar-refractivity contribution >= 4 is 35.2 Å². The van der Waals surface area contributed by atoms with E-state index in [1.807, 2.05) is 0 Å². The first-order valence-electron chi connectivity index (χ1n) is 17.3. The minimum Gasteiger partial charge on any atom is -0.462 e. The first-order valence-corrected chi connectivity index (χ1v) is 17.3. The van der Waals surface area contributed by atoms with Crippen molar-refractivity contribution in [2.24, 2.45) is 23.7 Å². The van der Waals surface area contributed by atoms with Crippen LogP contribution in [0.3, 0.4) is 0 Å². The topological polar surface area (TPSA) is 201 Å². The molecule has 0 spiro atoms. The normalized spacial score (nSPS) is 33.1. The third-order valence-electron chi connectivity index (χ3n) is 10.0. The number of benzene rings is 1. The van der Waals surface area contributed by atoms with Gasteiger partial charge >= 0.3 is 17.7 Å². The lowest BCUT2D eigenvalue weighted by Gasteiger charge is -2.38. The summed E-state index contributed by atoms with van der Waals surface area (Å²) in [4.78, 5) is 79.4. The van der Waals surface area contributed by atoms with Crippen molar-refractivity contribution in [3.05, 3.63) is 70.2 Å². The number of esters is 2. The van der Waals surface area contributed by atoms with Crippen LogP contribution in [0.15, 0.2) is 47.9 Å². The number of allylic oxidation sites excluding steroid dienone is 4. The van der Waals surface area contributed by atoms with Crippen molar-refractivity contribution in [2.75, 3.05) is 7.11 Å². The number of amides is 1. The van der Waals surface area contributed by atoms with Gasteiger partial charge in [-0.1, -0.05) is 45.9 Å². The maximum absolute atomic E-state index is 14.1. The number of nitrogens with one attached hydrogen (secondary N) is 1. The quantitative estimate of drug-likeness (QED) is 0.299. The van der Waals surface area contributed by atoms with Crippen LogP contribution in [0.2, 0.25) is 0 Å². The van der Waals surface area contributed by atoms with Gasteiger partial charge in [0.1, 0.15) is 17.6 Å². The minimum atomic E-state index is -2.07. The molecule has 0 unspecified atom stereocenters. The van der Waals surface area contributed by atoms with Gasteiger partial charge in [0, 0.05) is 68.8 Å². The molecule has 0 radical (unpaired) electrons. The Morgan fingerprint density at radius 2 is 1.55 bits per heavy atom. The third kappa shape index (κ3) is 8.04. The summed E-state index contributed by atoms with van der Waals surface area (Å²) in [6.07, 6.45) is 4.21. The summed E-state index contributed by atoms with van der Waals surface area (Å²) in [6.45, 7) is 13.4. The van der Waals surface area contributed by atoms with Gasteiger partial charge in [0.05, 0.1) is 47.0 Å². The van der Waals surface area contributed by atoms with E-state index in [1.165, 1.54) is 53.0 Å². The fraction of sp³-hybridized carbons (Fsp3) is 0.487. The molecule has 0 aromatic heterocycles. The SMILES string of the molecule is CO[C@H]1/C=C\O[C@@]2(C)Oc3c(C)c(OC(C)=O)c4c(c3C2=O)C(=O)C=C(NC(=O)/C(C)=C\C=C/[C@H](C)[C@H](O)[C@@H](C)[C@H](O)[C@H](C)[C@H](OC(C)=O)[C@@H]1C)C4=O. The van der Waals surface area contributed by atoms with Gasteiger partial charge in [-0.3, -0.25) is 28.8 Å². The largest absolute Gasteiger partial charge is 0.462 e. The number of ether oxygens (including phenoxy) is 5. The Kier molecular flexibility index (Phi) is 12.3. The summed E-state index contributed by atoms with van der Waals surface area (Å²) in [7, 11) is 1.41. The standard InChI is InChI=1S/C39H47NO13/c1-17-12-11-13-18(2)38(48)40-25-16-26(43)28-29(33(25)46)35(52-24(8)42)22(6)36-30(28)37(47)39(9,53-36)50-15-14-27(49-10)19(3)34(51-23(7)41)21(5)32(45)20(4)31(17)44/h11-17,19-21,27,31-32,34,44-45H,1-10H3,(H,40,48)/b12-11-,15-14-,18-13-/t17-,19+,20+,21-,27-,31-,32-,34+,39-/m0/s1. The van der Waals surface area contributed by atoms with Crippen LogP contribution in [0.5, 0.6) is 11.5 Å². The number of Topliss-reactive ketones (excluding diaryl/α,β-unsaturated/α-hetero) is 2. The van der Waals surface area contributed by atoms with Gasteiger partial charge < -0.3 is 39.2 Å². The fourth-order valence-corrected chi connectivity index (χ4v) is 6.88. The predicted molar refractivity (Wildman–Crippen MR) is 189 cm³/mol. The molecule has 1 aromatic carbocycles. The number of aliphatic hydroxyl groups excluding tert-OH is 2. The number of rotatable bonds is 3. The average Bonchev–Trinajstić information content (AvgIpc) is 3.36. The second kappa shape index (κ2) is 16.0. The molecule has 5 bridgehead atoms. The van der Waals surface area contributed by atoms with Crippen molar-refractivity contribution in [2.45, 2.75) is 92.5 Å². The second-order valence-corrected chi connectivity index (χ2v) is 14.0. The van der Waals surface area contributed by atoms with E-state index >= 15 is 0 Å². The summed E-state index contributed by atoms with van der Waals surface area (Å²) in [5.41, 5.74) is -1.26. The van der Waals surface area contributed by atoms with E-state index in [-0.39, 0.29) is 33.8 Å². The maximum Gasteiger partial charge on any atom is 0.312 e. The summed E-state index contributed by atoms with van der Waals surface area (Å²) in [5, 5.41) is 25.1. The molecular weight excluding hydrogens is 690 g/mol. The summed E-state index contributed by atoms with van der Waals surface area (Å²) >= 11 is 0. The van der Waals surface area contributed by atoms with Crippen LogP contribution < -0.4 is 14.8 Å². The Hall–Kier alpha value is -4.92. The van der Waals surface area contributed by atoms with Crippen LogP contribution in [-0.4, -0.2) is 82.7 Å². The van der Waals surface area contributed by atoms with E-state index < -0.39 is 100 Å². The Bertz CT molecular complexity index is 1840. The molecule has 3 heterocycles. The number of methoxy groups -OCH3 is 1. The van der Waals surface area contributed by atoms with E-state index in [0.717, 1.165) is 19.3 Å². The van der Waals surface area contributed by atoms with Gasteiger partial charge in [-0.05, 0) is 19.9 Å². The molecule has 14 heteroatoms. The number of fused-ring (bicyclic) bond motifs is 14. The van der Waals surface area contributed by atoms with Crippen molar-refractivity contribution in [3.8, 4) is 11.5 Å². The van der Waals surface area contributed by atoms with Crippen molar-refractivity contribution in [1.82, 2.24) is 5.32 Å². The molecule has 1 aromatic rings. The smallest absolute Gasteiger partial charge is 0.312 e. The number of carbonyl (C=O) groups excluding carboxylic acids is 6. The monoisotopic (exact) mass is 737 g/mol. The van der Waals surface area contributed by atoms with Crippen LogP contribution in [0.4, 0.5) is 0 Å². The fourth-order valence-electron chi connectivity index (χ4n) is 6.88. The predicted octanol–water partition coefficient (Wildman–Crippen LogP) is 3.85. The molecule has 0 saturated heterocycles. The van der Waals surface area contributed by atoms with Crippen molar-refractivity contribution in [1.29, 1.82) is 0 Å². The Balaban J connectivity index is 1.88. The lowest BCUT2D eigenvalue weighted by molar-refractivity contribution is -0.160. The highest BCUT2D eigenvalue weighted by Crippen LogP contribution is 2.48. The van der Waals surface area contributed by atoms with Crippen LogP contribution in [0.1, 0.15) is 92.0 Å². The average molecular weight is 738 g/mol. The van der Waals surface area contributed by atoms with Gasteiger partial charge in [-0.25, -0.2) is 0 Å². The first kappa shape index (κ1) is 40.8. The highest BCUT2D eigenvalue weighted by molar-refractivity contribution is 6.31. The minimum absolute atomic E-state index is 0.0600. The molecule has 9 atom stereocenters. The lowest BCUT2D eigenvalue weighted by atomic mass is 9.78. The van der Waals surface area contributed by atoms with Crippen LogP contribution in [0, 0.1) is 30.6 Å². The number of aliphatic hydroxyl groups is 2. The molecule has 0 saturated carbocycles. The molecule has 14 nitrogen and oxygen atoms in total. The lowest BCUT2D eigenvalue weighted by Crippen LogP contribution is -2.46. The van der Waals surface area contributed by atoms with E-state index in [0.29, 0.717) is 0 Å². The molecule has 3 N–H and O–H groups in total. The maximum atomic E-state index is 14.1. The molecule has 286 valence electrons. The highest BCUT2D eigenvalue weighted by atomic mass is 16.7. The molecule has 4 aliphatic rings. The zero-order valence-electron chi connectivity index (χ0n) is 31.5. The van der Waals surface area contributed by atoms with Gasteiger partial charge in [0.15, 0.2) is 5.78 Å². The van der Waals surface area contributed by atoms with E-state index in [1.54, 1.807) is 33.8 Å². The molecule has 1 aliphatic carbocycles. The van der Waals surface area contributed by atoms with Crippen molar-refractivity contribution in [3.63, 3.8) is 0 Å². The zero-order valence-corrected chi connectivity index (χ0v) is 31.5. The number of hydrogen-bond acceptors (Lipinski definition) is 13. The number of ketones is 3. The third-order valence-corrected chi connectivity index (χ3v) is 10.0. The van der Waals surface area contributed by atoms with Crippen LogP contribution in [-0.2, 0) is 28.6 Å². The Labute approximate surface area is 307 Å². The molecule has 5 rings (SSSR count). The molecule has 0 fully saturated rings. The second-order valence-electron chi connectivity index (χ2n) is 14.0. The van der Waals surface area contributed by atoms with E-state index in [2.05, 4.69) is 5.32 Å². The molecule has 53 heavy (non-hydrogen) atoms. The zero-order chi connectivity index (χ0) is 39.7.